The van der Waals surface area contributed by atoms with Crippen LogP contribution in [0.25, 0.3) is 0 Å². The SMILES string of the molecule is CCCN(Cc1ccccc1)C(=O)CC(CN)CC(C)C. The first kappa shape index (κ1) is 17.7. The van der Waals surface area contributed by atoms with Gasteiger partial charge in [-0.1, -0.05) is 51.1 Å². The van der Waals surface area contributed by atoms with Crippen LogP contribution in [-0.4, -0.2) is 23.9 Å². The van der Waals surface area contributed by atoms with Crippen LogP contribution in [0.4, 0.5) is 0 Å². The monoisotopic (exact) mass is 290 g/mol. The van der Waals surface area contributed by atoms with E-state index in [1.165, 1.54) is 5.56 Å². The van der Waals surface area contributed by atoms with Crippen molar-refractivity contribution in [3.63, 3.8) is 0 Å². The molecule has 1 atom stereocenters. The molecule has 0 heterocycles. The summed E-state index contributed by atoms with van der Waals surface area (Å²) >= 11 is 0. The topological polar surface area (TPSA) is 46.3 Å². The fourth-order valence-corrected chi connectivity index (χ4v) is 2.67. The van der Waals surface area contributed by atoms with Crippen molar-refractivity contribution in [2.45, 2.75) is 46.6 Å². The van der Waals surface area contributed by atoms with Crippen molar-refractivity contribution in [1.82, 2.24) is 4.90 Å². The van der Waals surface area contributed by atoms with Gasteiger partial charge in [0, 0.05) is 19.5 Å². The maximum atomic E-state index is 12.6. The van der Waals surface area contributed by atoms with Crippen molar-refractivity contribution in [3.8, 4) is 0 Å². The van der Waals surface area contributed by atoms with Crippen LogP contribution < -0.4 is 5.73 Å². The zero-order valence-electron chi connectivity index (χ0n) is 13.7. The van der Waals surface area contributed by atoms with E-state index in [0.29, 0.717) is 31.3 Å². The number of nitrogens with zero attached hydrogens (tertiary/aromatic N) is 1. The van der Waals surface area contributed by atoms with E-state index in [-0.39, 0.29) is 5.91 Å². The number of nitrogens with two attached hydrogens (primary N) is 1. The number of carbonyl (C=O) groups is 1. The predicted molar refractivity (Wildman–Crippen MR) is 88.8 cm³/mol. The Hall–Kier alpha value is -1.35. The molecule has 118 valence electrons. The van der Waals surface area contributed by atoms with E-state index >= 15 is 0 Å². The second kappa shape index (κ2) is 9.56. The molecule has 3 nitrogen and oxygen atoms in total. The zero-order valence-corrected chi connectivity index (χ0v) is 13.7. The molecule has 0 aliphatic heterocycles. The molecule has 0 aliphatic rings. The molecule has 2 N–H and O–H groups in total. The van der Waals surface area contributed by atoms with Crippen molar-refractivity contribution >= 4 is 5.91 Å². The fourth-order valence-electron chi connectivity index (χ4n) is 2.67. The molecular formula is C18H30N2O. The Labute approximate surface area is 129 Å². The molecule has 0 saturated heterocycles. The van der Waals surface area contributed by atoms with Gasteiger partial charge in [-0.25, -0.2) is 0 Å². The quantitative estimate of drug-likeness (QED) is 0.757. The summed E-state index contributed by atoms with van der Waals surface area (Å²) in [5.41, 5.74) is 7.01. The molecule has 0 aromatic heterocycles. The Balaban J connectivity index is 2.64. The van der Waals surface area contributed by atoms with E-state index in [1.807, 2.05) is 23.1 Å². The van der Waals surface area contributed by atoms with Gasteiger partial charge in [-0.2, -0.15) is 0 Å². The van der Waals surface area contributed by atoms with Gasteiger partial charge in [0.1, 0.15) is 0 Å². The van der Waals surface area contributed by atoms with Gasteiger partial charge in [-0.3, -0.25) is 4.79 Å². The van der Waals surface area contributed by atoms with Crippen molar-refractivity contribution in [2.24, 2.45) is 17.6 Å². The lowest BCUT2D eigenvalue weighted by Gasteiger charge is -2.25. The van der Waals surface area contributed by atoms with Crippen LogP contribution in [-0.2, 0) is 11.3 Å². The van der Waals surface area contributed by atoms with Gasteiger partial charge in [0.25, 0.3) is 0 Å². The maximum absolute atomic E-state index is 12.6. The zero-order chi connectivity index (χ0) is 15.7. The van der Waals surface area contributed by atoms with Crippen molar-refractivity contribution < 1.29 is 4.79 Å². The summed E-state index contributed by atoms with van der Waals surface area (Å²) in [7, 11) is 0. The number of rotatable bonds is 9. The highest BCUT2D eigenvalue weighted by molar-refractivity contribution is 5.76. The molecule has 0 aliphatic carbocycles. The minimum Gasteiger partial charge on any atom is -0.338 e. The van der Waals surface area contributed by atoms with Crippen molar-refractivity contribution in [1.29, 1.82) is 0 Å². The maximum Gasteiger partial charge on any atom is 0.223 e. The normalized spacial score (nSPS) is 12.4. The average molecular weight is 290 g/mol. The molecular weight excluding hydrogens is 260 g/mol. The smallest absolute Gasteiger partial charge is 0.223 e. The summed E-state index contributed by atoms with van der Waals surface area (Å²) in [6.07, 6.45) is 2.57. The lowest BCUT2D eigenvalue weighted by atomic mass is 9.93. The minimum absolute atomic E-state index is 0.233. The summed E-state index contributed by atoms with van der Waals surface area (Å²) in [6, 6.07) is 10.2. The molecule has 1 aromatic rings. The highest BCUT2D eigenvalue weighted by Crippen LogP contribution is 2.17. The third-order valence-corrected chi connectivity index (χ3v) is 3.66. The van der Waals surface area contributed by atoms with Gasteiger partial charge >= 0.3 is 0 Å². The summed E-state index contributed by atoms with van der Waals surface area (Å²) in [5.74, 6) is 1.12. The van der Waals surface area contributed by atoms with E-state index in [4.69, 9.17) is 5.73 Å². The van der Waals surface area contributed by atoms with E-state index < -0.39 is 0 Å². The van der Waals surface area contributed by atoms with Crippen LogP contribution in [0.5, 0.6) is 0 Å². The lowest BCUT2D eigenvalue weighted by molar-refractivity contribution is -0.132. The van der Waals surface area contributed by atoms with E-state index in [9.17, 15) is 4.79 Å². The molecule has 3 heteroatoms. The van der Waals surface area contributed by atoms with Crippen LogP contribution in [0, 0.1) is 11.8 Å². The first-order valence-corrected chi connectivity index (χ1v) is 8.08. The molecule has 1 amide bonds. The number of carbonyl (C=O) groups excluding carboxylic acids is 1. The van der Waals surface area contributed by atoms with Crippen LogP contribution in [0.3, 0.4) is 0 Å². The molecule has 0 spiro atoms. The Morgan fingerprint density at radius 1 is 1.24 bits per heavy atom. The number of amides is 1. The molecule has 1 rings (SSSR count). The van der Waals surface area contributed by atoms with Crippen molar-refractivity contribution in [2.75, 3.05) is 13.1 Å². The molecule has 0 radical (unpaired) electrons. The summed E-state index contributed by atoms with van der Waals surface area (Å²) < 4.78 is 0. The van der Waals surface area contributed by atoms with Gasteiger partial charge in [0.05, 0.1) is 0 Å². The molecule has 1 unspecified atom stereocenters. The van der Waals surface area contributed by atoms with Crippen LogP contribution >= 0.6 is 0 Å². The molecule has 0 saturated carbocycles. The summed E-state index contributed by atoms with van der Waals surface area (Å²) in [5, 5.41) is 0. The Morgan fingerprint density at radius 2 is 1.90 bits per heavy atom. The van der Waals surface area contributed by atoms with Crippen molar-refractivity contribution in [3.05, 3.63) is 35.9 Å². The average Bonchev–Trinajstić information content (AvgIpc) is 2.46. The second-order valence-electron chi connectivity index (χ2n) is 6.24. The largest absolute Gasteiger partial charge is 0.338 e. The standard InChI is InChI=1S/C18H30N2O/c1-4-10-20(14-16-8-6-5-7-9-16)18(21)12-17(13-19)11-15(2)3/h5-9,15,17H,4,10-14,19H2,1-3H3. The van der Waals surface area contributed by atoms with Crippen LogP contribution in [0.15, 0.2) is 30.3 Å². The highest BCUT2D eigenvalue weighted by Gasteiger charge is 2.19. The van der Waals surface area contributed by atoms with Crippen LogP contribution in [0.1, 0.15) is 45.6 Å². The Bertz CT molecular complexity index is 403. The van der Waals surface area contributed by atoms with Gasteiger partial charge in [0.15, 0.2) is 0 Å². The lowest BCUT2D eigenvalue weighted by Crippen LogP contribution is -2.34. The Kier molecular flexibility index (Phi) is 8.06. The third-order valence-electron chi connectivity index (χ3n) is 3.66. The summed E-state index contributed by atoms with van der Waals surface area (Å²) in [6.45, 7) is 8.58. The van der Waals surface area contributed by atoms with Gasteiger partial charge < -0.3 is 10.6 Å². The molecule has 21 heavy (non-hydrogen) atoms. The van der Waals surface area contributed by atoms with Gasteiger partial charge in [-0.05, 0) is 36.8 Å². The highest BCUT2D eigenvalue weighted by atomic mass is 16.2. The van der Waals surface area contributed by atoms with Crippen LogP contribution in [0.2, 0.25) is 0 Å². The van der Waals surface area contributed by atoms with E-state index in [0.717, 1.165) is 19.4 Å². The number of hydrogen-bond acceptors (Lipinski definition) is 2. The number of hydrogen-bond donors (Lipinski definition) is 1. The molecule has 1 aromatic carbocycles. The first-order valence-electron chi connectivity index (χ1n) is 8.08. The molecule has 0 bridgehead atoms. The number of benzene rings is 1. The third kappa shape index (κ3) is 6.76. The summed E-state index contributed by atoms with van der Waals surface area (Å²) in [4.78, 5) is 14.5. The fraction of sp³-hybridized carbons (Fsp3) is 0.611. The second-order valence-corrected chi connectivity index (χ2v) is 6.24. The van der Waals surface area contributed by atoms with Gasteiger partial charge in [-0.15, -0.1) is 0 Å². The molecule has 0 fully saturated rings. The Morgan fingerprint density at radius 3 is 2.43 bits per heavy atom. The van der Waals surface area contributed by atoms with E-state index in [2.05, 4.69) is 32.9 Å². The predicted octanol–water partition coefficient (Wildman–Crippen LogP) is 3.44. The first-order chi connectivity index (χ1) is 10.1. The van der Waals surface area contributed by atoms with Gasteiger partial charge in [0.2, 0.25) is 5.91 Å². The minimum atomic E-state index is 0.233. The van der Waals surface area contributed by atoms with E-state index in [1.54, 1.807) is 0 Å².